The Morgan fingerprint density at radius 2 is 1.69 bits per heavy atom. The molecule has 0 bridgehead atoms. The monoisotopic (exact) mass is 353 g/mol. The molecule has 0 atom stereocenters. The number of carbonyl (C=O) groups is 1. The number of hydrogen-bond acceptors (Lipinski definition) is 2. The molecule has 26 heavy (non-hydrogen) atoms. The predicted molar refractivity (Wildman–Crippen MR) is 98.2 cm³/mol. The fourth-order valence-electron chi connectivity index (χ4n) is 2.81. The van der Waals surface area contributed by atoms with E-state index >= 15 is 0 Å². The predicted octanol–water partition coefficient (Wildman–Crippen LogP) is 2.66. The summed E-state index contributed by atoms with van der Waals surface area (Å²) in [6.07, 6.45) is 0. The Morgan fingerprint density at radius 1 is 1.00 bits per heavy atom. The Labute approximate surface area is 152 Å². The summed E-state index contributed by atoms with van der Waals surface area (Å²) in [7, 11) is 4.17. The van der Waals surface area contributed by atoms with Gasteiger partial charge in [0.05, 0.1) is 19.7 Å². The van der Waals surface area contributed by atoms with Crippen LogP contribution in [-0.4, -0.2) is 20.0 Å². The zero-order chi connectivity index (χ0) is 18.5. The van der Waals surface area contributed by atoms with Gasteiger partial charge < -0.3 is 14.6 Å². The number of carbonyl (C=O) groups excluding carboxylic acids is 1. The van der Waals surface area contributed by atoms with E-state index in [-0.39, 0.29) is 17.5 Å². The van der Waals surface area contributed by atoms with Gasteiger partial charge in [0.2, 0.25) is 0 Å². The number of halogens is 1. The molecule has 2 N–H and O–H groups in total. The van der Waals surface area contributed by atoms with Crippen molar-refractivity contribution < 1.29 is 18.5 Å². The van der Waals surface area contributed by atoms with Crippen LogP contribution >= 0.6 is 0 Å². The van der Waals surface area contributed by atoms with Crippen molar-refractivity contribution in [1.82, 2.24) is 5.32 Å². The number of hydrogen-bond donors (Lipinski definition) is 2. The van der Waals surface area contributed by atoms with Gasteiger partial charge in [-0.05, 0) is 29.8 Å². The van der Waals surface area contributed by atoms with E-state index in [1.165, 1.54) is 16.5 Å². The van der Waals surface area contributed by atoms with Crippen LogP contribution in [0.4, 0.5) is 4.39 Å². The van der Waals surface area contributed by atoms with E-state index in [0.717, 1.165) is 12.1 Å². The maximum absolute atomic E-state index is 13.8. The minimum Gasteiger partial charge on any atom is -0.451 e. The van der Waals surface area contributed by atoms with Crippen LogP contribution in [0.15, 0.2) is 65.1 Å². The van der Waals surface area contributed by atoms with E-state index in [1.54, 1.807) is 30.3 Å². The first-order valence-corrected chi connectivity index (χ1v) is 8.53. The highest BCUT2D eigenvalue weighted by molar-refractivity contribution is 5.92. The van der Waals surface area contributed by atoms with E-state index in [4.69, 9.17) is 4.42 Å². The lowest BCUT2D eigenvalue weighted by Gasteiger charge is -2.12. The van der Waals surface area contributed by atoms with Crippen LogP contribution in [0.1, 0.15) is 21.7 Å². The second-order valence-electron chi connectivity index (χ2n) is 6.48. The van der Waals surface area contributed by atoms with Gasteiger partial charge in [0, 0.05) is 12.1 Å². The topological polar surface area (TPSA) is 46.7 Å². The zero-order valence-electron chi connectivity index (χ0n) is 14.9. The quantitative estimate of drug-likeness (QED) is 0.716. The summed E-state index contributed by atoms with van der Waals surface area (Å²) in [4.78, 5) is 13.7. The lowest BCUT2D eigenvalue weighted by Crippen LogP contribution is -3.04. The number of amides is 1. The van der Waals surface area contributed by atoms with Crippen molar-refractivity contribution in [3.8, 4) is 11.3 Å². The van der Waals surface area contributed by atoms with Crippen molar-refractivity contribution in [1.29, 1.82) is 0 Å². The molecule has 5 heteroatoms. The molecular formula is C21H22FN2O2+. The molecule has 0 unspecified atom stereocenters. The first-order valence-electron chi connectivity index (χ1n) is 8.53. The SMILES string of the molecule is C[NH+](C)Cc1ccccc1CNC(=O)c1ccc(-c2ccccc2F)o1. The third kappa shape index (κ3) is 4.18. The van der Waals surface area contributed by atoms with E-state index in [9.17, 15) is 9.18 Å². The third-order valence-electron chi connectivity index (χ3n) is 4.07. The Bertz CT molecular complexity index is 902. The van der Waals surface area contributed by atoms with Gasteiger partial charge in [-0.3, -0.25) is 4.79 Å². The van der Waals surface area contributed by atoms with Crippen LogP contribution in [0.25, 0.3) is 11.3 Å². The van der Waals surface area contributed by atoms with Crippen LogP contribution in [0.5, 0.6) is 0 Å². The van der Waals surface area contributed by atoms with Gasteiger partial charge in [0.15, 0.2) is 5.76 Å². The molecule has 0 aliphatic carbocycles. The fourth-order valence-corrected chi connectivity index (χ4v) is 2.81. The number of benzene rings is 2. The van der Waals surface area contributed by atoms with Gasteiger partial charge in [-0.2, -0.15) is 0 Å². The molecule has 0 aliphatic rings. The lowest BCUT2D eigenvalue weighted by molar-refractivity contribution is -0.872. The molecule has 0 saturated heterocycles. The molecule has 3 aromatic rings. The van der Waals surface area contributed by atoms with Gasteiger partial charge >= 0.3 is 0 Å². The molecular weight excluding hydrogens is 331 g/mol. The molecule has 1 heterocycles. The summed E-state index contributed by atoms with van der Waals surface area (Å²) in [5, 5.41) is 2.87. The van der Waals surface area contributed by atoms with E-state index in [1.807, 2.05) is 18.2 Å². The van der Waals surface area contributed by atoms with E-state index in [0.29, 0.717) is 17.9 Å². The van der Waals surface area contributed by atoms with Crippen molar-refractivity contribution in [3.05, 3.63) is 83.4 Å². The second-order valence-corrected chi connectivity index (χ2v) is 6.48. The van der Waals surface area contributed by atoms with Crippen molar-refractivity contribution >= 4 is 5.91 Å². The van der Waals surface area contributed by atoms with Crippen LogP contribution in [0.2, 0.25) is 0 Å². The highest BCUT2D eigenvalue weighted by Crippen LogP contribution is 2.24. The fraction of sp³-hybridized carbons (Fsp3) is 0.190. The smallest absolute Gasteiger partial charge is 0.287 e. The highest BCUT2D eigenvalue weighted by Gasteiger charge is 2.15. The van der Waals surface area contributed by atoms with Gasteiger partial charge in [0.25, 0.3) is 5.91 Å². The van der Waals surface area contributed by atoms with Crippen molar-refractivity contribution in [2.75, 3.05) is 14.1 Å². The molecule has 134 valence electrons. The van der Waals surface area contributed by atoms with Crippen LogP contribution in [0, 0.1) is 5.82 Å². The molecule has 3 rings (SSSR count). The summed E-state index contributed by atoms with van der Waals surface area (Å²) >= 11 is 0. The van der Waals surface area contributed by atoms with Gasteiger partial charge in [0.1, 0.15) is 18.1 Å². The van der Waals surface area contributed by atoms with Gasteiger partial charge in [-0.15, -0.1) is 0 Å². The normalized spacial score (nSPS) is 10.9. The number of nitrogens with one attached hydrogen (secondary N) is 2. The van der Waals surface area contributed by atoms with Crippen molar-refractivity contribution in [3.63, 3.8) is 0 Å². The van der Waals surface area contributed by atoms with Crippen LogP contribution < -0.4 is 10.2 Å². The number of rotatable bonds is 6. The molecule has 1 aromatic heterocycles. The molecule has 0 fully saturated rings. The summed E-state index contributed by atoms with van der Waals surface area (Å²) in [5.41, 5.74) is 2.60. The van der Waals surface area contributed by atoms with Gasteiger partial charge in [-0.1, -0.05) is 36.4 Å². The maximum atomic E-state index is 13.8. The largest absolute Gasteiger partial charge is 0.451 e. The molecule has 0 spiro atoms. The number of furan rings is 1. The van der Waals surface area contributed by atoms with E-state index < -0.39 is 0 Å². The second kappa shape index (κ2) is 7.97. The first-order chi connectivity index (χ1) is 12.5. The minimum atomic E-state index is -0.381. The third-order valence-corrected chi connectivity index (χ3v) is 4.07. The average molecular weight is 353 g/mol. The summed E-state index contributed by atoms with van der Waals surface area (Å²) < 4.78 is 19.4. The van der Waals surface area contributed by atoms with Gasteiger partial charge in [-0.25, -0.2) is 4.39 Å². The highest BCUT2D eigenvalue weighted by atomic mass is 19.1. The zero-order valence-corrected chi connectivity index (χ0v) is 14.9. The first kappa shape index (κ1) is 17.9. The Balaban J connectivity index is 1.69. The maximum Gasteiger partial charge on any atom is 0.287 e. The van der Waals surface area contributed by atoms with Crippen LogP contribution in [0.3, 0.4) is 0 Å². The Hall–Kier alpha value is -2.92. The molecule has 4 nitrogen and oxygen atoms in total. The lowest BCUT2D eigenvalue weighted by atomic mass is 10.1. The summed E-state index contributed by atoms with van der Waals surface area (Å²) in [6, 6.07) is 17.5. The standard InChI is InChI=1S/C21H21FN2O2/c1-24(2)14-16-8-4-3-7-15(16)13-23-21(25)20-12-11-19(26-20)17-9-5-6-10-18(17)22/h3-12H,13-14H2,1-2H3,(H,23,25)/p+1. The van der Waals surface area contributed by atoms with E-state index in [2.05, 4.69) is 25.5 Å². The average Bonchev–Trinajstić information content (AvgIpc) is 3.10. The molecule has 0 radical (unpaired) electrons. The Morgan fingerprint density at radius 3 is 2.42 bits per heavy atom. The summed E-state index contributed by atoms with van der Waals surface area (Å²) in [6.45, 7) is 1.29. The number of quaternary nitrogens is 1. The molecule has 0 saturated carbocycles. The van der Waals surface area contributed by atoms with Crippen molar-refractivity contribution in [2.24, 2.45) is 0 Å². The molecule has 0 aliphatic heterocycles. The Kier molecular flexibility index (Phi) is 5.49. The van der Waals surface area contributed by atoms with Crippen molar-refractivity contribution in [2.45, 2.75) is 13.1 Å². The minimum absolute atomic E-state index is 0.166. The summed E-state index contributed by atoms with van der Waals surface area (Å²) in [5.74, 6) is -0.197. The van der Waals surface area contributed by atoms with Crippen LogP contribution in [-0.2, 0) is 13.1 Å². The molecule has 2 aromatic carbocycles. The molecule has 1 amide bonds.